The van der Waals surface area contributed by atoms with Gasteiger partial charge in [-0.05, 0) is 19.1 Å². The number of fused-ring (bicyclic) bond motifs is 1. The van der Waals surface area contributed by atoms with E-state index in [9.17, 15) is 50.5 Å². The Hall–Kier alpha value is -2.75. The molecule has 0 saturated heterocycles. The summed E-state index contributed by atoms with van der Waals surface area (Å²) in [5.41, 5.74) is -2.64. The summed E-state index contributed by atoms with van der Waals surface area (Å²) in [5, 5.41) is 27.4. The Balaban J connectivity index is 0.00000560. The van der Waals surface area contributed by atoms with Crippen molar-refractivity contribution in [2.75, 3.05) is 0 Å². The first-order valence-electron chi connectivity index (χ1n) is 9.84. The van der Waals surface area contributed by atoms with Gasteiger partial charge in [0.05, 0.1) is 28.5 Å². The molecule has 0 fully saturated rings. The van der Waals surface area contributed by atoms with Gasteiger partial charge in [0.1, 0.15) is 15.5 Å². The molecule has 2 aromatic carbocycles. The number of nitro benzene ring substituents is 1. The van der Waals surface area contributed by atoms with E-state index in [2.05, 4.69) is 19.7 Å². The fourth-order valence-electron chi connectivity index (χ4n) is 3.30. The number of benzene rings is 2. The molecule has 0 unspecified atom stereocenters. The number of non-ortho nitro benzene ring substituents is 1. The number of aryl methyl sites for hydroxylation is 1. The number of rotatable bonds is 9. The van der Waals surface area contributed by atoms with Crippen molar-refractivity contribution in [3.8, 4) is 5.75 Å². The SMILES string of the molecule is Cc1nc(N=Nc2cc(S(=O)(=O)O)c3cc([N+](=O)[O-])cc(S(=O)(=O)O)c3c2)c(COP(=O)(O)O)c(C=O)c1O.[Na]. The van der Waals surface area contributed by atoms with E-state index >= 15 is 0 Å². The molecule has 3 aromatic rings. The van der Waals surface area contributed by atoms with Crippen LogP contribution in [-0.4, -0.2) is 86.6 Å². The van der Waals surface area contributed by atoms with Crippen LogP contribution in [0, 0.1) is 17.0 Å². The van der Waals surface area contributed by atoms with Gasteiger partial charge in [-0.2, -0.15) is 16.8 Å². The van der Waals surface area contributed by atoms with Crippen LogP contribution in [0.25, 0.3) is 10.8 Å². The Kier molecular flexibility index (Phi) is 10.0. The van der Waals surface area contributed by atoms with E-state index in [0.29, 0.717) is 18.2 Å². The third kappa shape index (κ3) is 7.50. The predicted octanol–water partition coefficient (Wildman–Crippen LogP) is 2.11. The molecule has 0 atom stereocenters. The number of nitro groups is 1. The Morgan fingerprint density at radius 2 is 1.60 bits per heavy atom. The number of hydrogen-bond acceptors (Lipinski definition) is 13. The van der Waals surface area contributed by atoms with Crippen LogP contribution in [0.2, 0.25) is 0 Å². The monoisotopic (exact) mass is 629 g/mol. The second kappa shape index (κ2) is 12.0. The van der Waals surface area contributed by atoms with Gasteiger partial charge in [-0.15, -0.1) is 10.2 Å². The van der Waals surface area contributed by atoms with Gasteiger partial charge in [0.2, 0.25) is 0 Å². The number of aromatic nitrogens is 1. The number of hydrogen-bond donors (Lipinski definition) is 5. The minimum Gasteiger partial charge on any atom is -0.505 e. The zero-order valence-corrected chi connectivity index (χ0v) is 24.6. The van der Waals surface area contributed by atoms with Crippen LogP contribution in [0.3, 0.4) is 0 Å². The predicted molar refractivity (Wildman–Crippen MR) is 133 cm³/mol. The topological polar surface area (TPSA) is 294 Å². The molecule has 1 aromatic heterocycles. The Labute approximate surface area is 245 Å². The number of phosphoric ester groups is 1. The average Bonchev–Trinajstić information content (AvgIpc) is 2.80. The van der Waals surface area contributed by atoms with Gasteiger partial charge >= 0.3 is 7.82 Å². The first-order chi connectivity index (χ1) is 17.8. The number of pyridine rings is 1. The molecular formula is C18H15N4NaO14PS2. The fraction of sp³-hybridized carbons (Fsp3) is 0.111. The first-order valence-corrected chi connectivity index (χ1v) is 14.2. The summed E-state index contributed by atoms with van der Waals surface area (Å²) in [6, 6.07) is 2.54. The Bertz CT molecular complexity index is 1840. The van der Waals surface area contributed by atoms with E-state index in [1.165, 1.54) is 6.92 Å². The number of carbonyl (C=O) groups excluding carboxylic acids is 1. The zero-order chi connectivity index (χ0) is 29.5. The largest absolute Gasteiger partial charge is 0.505 e. The fourth-order valence-corrected chi connectivity index (χ4v) is 5.03. The number of aldehydes is 1. The third-order valence-electron chi connectivity index (χ3n) is 4.95. The molecule has 40 heavy (non-hydrogen) atoms. The van der Waals surface area contributed by atoms with Gasteiger partial charge < -0.3 is 14.9 Å². The Morgan fingerprint density at radius 1 is 1.05 bits per heavy atom. The van der Waals surface area contributed by atoms with Gasteiger partial charge in [-0.25, -0.2) is 9.55 Å². The summed E-state index contributed by atoms with van der Waals surface area (Å²) in [4.78, 5) is 41.3. The van der Waals surface area contributed by atoms with Crippen molar-refractivity contribution in [2.45, 2.75) is 23.3 Å². The molecule has 1 heterocycles. The quantitative estimate of drug-likeness (QED) is 0.0430. The molecule has 0 aliphatic rings. The maximum Gasteiger partial charge on any atom is 0.469 e. The number of phosphoric acid groups is 1. The van der Waals surface area contributed by atoms with E-state index < -0.39 is 94.2 Å². The Morgan fingerprint density at radius 3 is 2.10 bits per heavy atom. The molecule has 5 N–H and O–H groups in total. The van der Waals surface area contributed by atoms with Crippen molar-refractivity contribution in [2.24, 2.45) is 10.2 Å². The molecule has 0 bridgehead atoms. The summed E-state index contributed by atoms with van der Waals surface area (Å²) in [5.74, 6) is -1.22. The minimum atomic E-state index is -5.20. The van der Waals surface area contributed by atoms with Gasteiger partial charge in [0.15, 0.2) is 12.1 Å². The molecule has 0 aliphatic heterocycles. The van der Waals surface area contributed by atoms with Crippen molar-refractivity contribution in [3.05, 3.63) is 51.2 Å². The van der Waals surface area contributed by atoms with Crippen molar-refractivity contribution >= 4 is 91.9 Å². The van der Waals surface area contributed by atoms with Crippen LogP contribution >= 0.6 is 7.82 Å². The molecule has 0 saturated carbocycles. The molecule has 209 valence electrons. The summed E-state index contributed by atoms with van der Waals surface area (Å²) < 4.78 is 82.7. The van der Waals surface area contributed by atoms with Gasteiger partial charge in [0, 0.05) is 58.0 Å². The molecule has 0 amide bonds. The minimum absolute atomic E-state index is 0. The molecule has 0 aliphatic carbocycles. The molecule has 0 spiro atoms. The molecule has 22 heteroatoms. The van der Waals surface area contributed by atoms with Crippen LogP contribution in [0.1, 0.15) is 21.6 Å². The van der Waals surface area contributed by atoms with Crippen molar-refractivity contribution in [1.29, 1.82) is 0 Å². The number of aromatic hydroxyl groups is 1. The smallest absolute Gasteiger partial charge is 0.469 e. The van der Waals surface area contributed by atoms with Crippen LogP contribution < -0.4 is 0 Å². The molecule has 1 radical (unpaired) electrons. The molecule has 3 rings (SSSR count). The first kappa shape index (κ1) is 33.5. The van der Waals surface area contributed by atoms with Crippen molar-refractivity contribution in [1.82, 2.24) is 4.98 Å². The van der Waals surface area contributed by atoms with E-state index in [-0.39, 0.29) is 41.5 Å². The maximum atomic E-state index is 12.0. The standard InChI is InChI=1S/C18H15N4O14PS2.Na/c1-8-17(24)13(6-23)14(7-36-37(27,28)29)18(19-8)21-20-9-2-11-12(15(3-9)38(30,31)32)4-10(22(25)26)5-16(11)39(33,34)35;/h2-6,24H,7H2,1H3,(H2,27,28,29)(H,30,31,32)(H,33,34,35);. The second-order valence-corrected chi connectivity index (χ2v) is 11.6. The van der Waals surface area contributed by atoms with E-state index in [4.69, 9.17) is 9.79 Å². The summed E-state index contributed by atoms with van der Waals surface area (Å²) >= 11 is 0. The maximum absolute atomic E-state index is 12.0. The van der Waals surface area contributed by atoms with Crippen LogP contribution in [0.4, 0.5) is 17.2 Å². The molecule has 18 nitrogen and oxygen atoms in total. The van der Waals surface area contributed by atoms with Crippen molar-refractivity contribution < 1.29 is 59.6 Å². The van der Waals surface area contributed by atoms with E-state index in [0.717, 1.165) is 6.07 Å². The summed E-state index contributed by atoms with van der Waals surface area (Å²) in [6.07, 6.45) is 0.110. The summed E-state index contributed by atoms with van der Waals surface area (Å²) in [7, 11) is -15.5. The normalized spacial score (nSPS) is 12.4. The number of carbonyl (C=O) groups is 1. The number of nitrogens with zero attached hydrogens (tertiary/aromatic N) is 4. The van der Waals surface area contributed by atoms with Gasteiger partial charge in [0.25, 0.3) is 25.9 Å². The molecular weight excluding hydrogens is 614 g/mol. The summed E-state index contributed by atoms with van der Waals surface area (Å²) in [6.45, 7) is 0.227. The van der Waals surface area contributed by atoms with Crippen LogP contribution in [0.15, 0.2) is 44.3 Å². The van der Waals surface area contributed by atoms with E-state index in [1.807, 2.05) is 0 Å². The average molecular weight is 629 g/mol. The van der Waals surface area contributed by atoms with Crippen LogP contribution in [0.5, 0.6) is 5.75 Å². The van der Waals surface area contributed by atoms with Crippen molar-refractivity contribution in [3.63, 3.8) is 0 Å². The third-order valence-corrected chi connectivity index (χ3v) is 7.20. The second-order valence-electron chi connectivity index (χ2n) is 7.53. The van der Waals surface area contributed by atoms with E-state index in [1.54, 1.807) is 0 Å². The number of azo groups is 1. The van der Waals surface area contributed by atoms with Crippen LogP contribution in [-0.2, 0) is 35.9 Å². The van der Waals surface area contributed by atoms with Gasteiger partial charge in [-0.3, -0.25) is 28.5 Å². The van der Waals surface area contributed by atoms with Gasteiger partial charge in [-0.1, -0.05) is 0 Å². The zero-order valence-electron chi connectivity index (χ0n) is 20.1.